The summed E-state index contributed by atoms with van der Waals surface area (Å²) >= 11 is 0. The van der Waals surface area contributed by atoms with Crippen LogP contribution in [-0.4, -0.2) is 11.2 Å². The molecule has 0 amide bonds. The number of fused-ring (bicyclic) bond motifs is 2. The molecule has 0 radical (unpaired) electrons. The number of rotatable bonds is 0. The van der Waals surface area contributed by atoms with Crippen molar-refractivity contribution < 1.29 is 5.11 Å². The van der Waals surface area contributed by atoms with Crippen molar-refractivity contribution in [2.24, 2.45) is 35.5 Å². The average molecular weight is 186 g/mol. The van der Waals surface area contributed by atoms with Crippen LogP contribution in [0, 0.1) is 35.5 Å². The highest BCUT2D eigenvalue weighted by Crippen LogP contribution is 2.58. The molecule has 0 aliphatic heterocycles. The number of allylic oxidation sites excluding steroid dienone is 4. The Kier molecular flexibility index (Phi) is 1.18. The Morgan fingerprint density at radius 2 is 1.07 bits per heavy atom. The quantitative estimate of drug-likeness (QED) is 0.572. The third-order valence-electron chi connectivity index (χ3n) is 4.68. The summed E-state index contributed by atoms with van der Waals surface area (Å²) in [7, 11) is 0. The normalized spacial score (nSPS) is 61.1. The molecule has 1 N–H and O–H groups in total. The van der Waals surface area contributed by atoms with Crippen molar-refractivity contribution in [2.75, 3.05) is 0 Å². The van der Waals surface area contributed by atoms with E-state index in [9.17, 15) is 5.11 Å². The molecular formula is C13H14O. The second-order valence-electron chi connectivity index (χ2n) is 5.11. The molecule has 14 heavy (non-hydrogen) atoms. The SMILES string of the molecule is OC1C2C=CC1C1C3C=CC(C=C3)C21. The summed E-state index contributed by atoms with van der Waals surface area (Å²) in [5.74, 6) is 3.46. The molecular weight excluding hydrogens is 172 g/mol. The lowest BCUT2D eigenvalue weighted by atomic mass is 9.62. The van der Waals surface area contributed by atoms with E-state index < -0.39 is 0 Å². The van der Waals surface area contributed by atoms with Crippen molar-refractivity contribution in [3.8, 4) is 0 Å². The first-order chi connectivity index (χ1) is 6.86. The number of aliphatic hydroxyl groups is 1. The van der Waals surface area contributed by atoms with Gasteiger partial charge in [-0.15, -0.1) is 0 Å². The minimum atomic E-state index is -0.0881. The Morgan fingerprint density at radius 3 is 1.50 bits per heavy atom. The fourth-order valence-corrected chi connectivity index (χ4v) is 4.15. The van der Waals surface area contributed by atoms with Crippen molar-refractivity contribution in [2.45, 2.75) is 6.10 Å². The van der Waals surface area contributed by atoms with Gasteiger partial charge in [0.1, 0.15) is 0 Å². The van der Waals surface area contributed by atoms with Gasteiger partial charge in [0.25, 0.3) is 0 Å². The maximum absolute atomic E-state index is 10.1. The van der Waals surface area contributed by atoms with Crippen LogP contribution in [0.25, 0.3) is 0 Å². The zero-order valence-corrected chi connectivity index (χ0v) is 7.95. The Bertz CT molecular complexity index is 319. The highest BCUT2D eigenvalue weighted by Gasteiger charge is 2.56. The molecule has 72 valence electrons. The minimum Gasteiger partial charge on any atom is -0.392 e. The van der Waals surface area contributed by atoms with Crippen molar-refractivity contribution >= 4 is 0 Å². The second-order valence-corrected chi connectivity index (χ2v) is 5.11. The van der Waals surface area contributed by atoms with Gasteiger partial charge in [0.15, 0.2) is 0 Å². The highest BCUT2D eigenvalue weighted by atomic mass is 16.3. The summed E-state index contributed by atoms with van der Waals surface area (Å²) in [5, 5.41) is 10.1. The lowest BCUT2D eigenvalue weighted by Gasteiger charge is -2.41. The van der Waals surface area contributed by atoms with E-state index in [0.29, 0.717) is 35.5 Å². The maximum atomic E-state index is 10.1. The zero-order valence-electron chi connectivity index (χ0n) is 7.95. The lowest BCUT2D eigenvalue weighted by Crippen LogP contribution is -2.35. The maximum Gasteiger partial charge on any atom is 0.0671 e. The van der Waals surface area contributed by atoms with Crippen LogP contribution in [-0.2, 0) is 0 Å². The smallest absolute Gasteiger partial charge is 0.0671 e. The Balaban J connectivity index is 1.86. The third-order valence-corrected chi connectivity index (χ3v) is 4.68. The van der Waals surface area contributed by atoms with Crippen LogP contribution in [0.1, 0.15) is 0 Å². The van der Waals surface area contributed by atoms with Gasteiger partial charge in [-0.3, -0.25) is 0 Å². The van der Waals surface area contributed by atoms with Crippen LogP contribution in [0.5, 0.6) is 0 Å². The van der Waals surface area contributed by atoms with Crippen LogP contribution in [0.3, 0.4) is 0 Å². The average Bonchev–Trinajstić information content (AvgIpc) is 2.76. The monoisotopic (exact) mass is 186 g/mol. The molecule has 0 saturated heterocycles. The molecule has 5 aliphatic rings. The molecule has 1 heteroatoms. The van der Waals surface area contributed by atoms with E-state index in [1.54, 1.807) is 0 Å². The molecule has 5 rings (SSSR count). The van der Waals surface area contributed by atoms with Crippen LogP contribution >= 0.6 is 0 Å². The fraction of sp³-hybridized carbons (Fsp3) is 0.538. The van der Waals surface area contributed by atoms with Crippen LogP contribution < -0.4 is 0 Å². The van der Waals surface area contributed by atoms with Gasteiger partial charge in [0, 0.05) is 11.8 Å². The van der Waals surface area contributed by atoms with E-state index in [4.69, 9.17) is 0 Å². The largest absolute Gasteiger partial charge is 0.392 e. The van der Waals surface area contributed by atoms with Gasteiger partial charge in [-0.25, -0.2) is 0 Å². The molecule has 0 aromatic heterocycles. The van der Waals surface area contributed by atoms with Gasteiger partial charge in [-0.1, -0.05) is 36.5 Å². The standard InChI is InChI=1S/C13H14O/c14-13-9-5-6-10(13)12-8-2-1-7(3-4-8)11(9)12/h1-14H. The van der Waals surface area contributed by atoms with Gasteiger partial charge in [-0.05, 0) is 23.7 Å². The Hall–Kier alpha value is -0.820. The van der Waals surface area contributed by atoms with Crippen LogP contribution in [0.2, 0.25) is 0 Å². The van der Waals surface area contributed by atoms with Crippen molar-refractivity contribution in [3.05, 3.63) is 36.5 Å². The van der Waals surface area contributed by atoms with Gasteiger partial charge >= 0.3 is 0 Å². The summed E-state index contributed by atoms with van der Waals surface area (Å²) in [6.45, 7) is 0. The van der Waals surface area contributed by atoms with E-state index >= 15 is 0 Å². The number of aliphatic hydroxyl groups excluding tert-OH is 1. The summed E-state index contributed by atoms with van der Waals surface area (Å²) in [6.07, 6.45) is 13.8. The van der Waals surface area contributed by atoms with Gasteiger partial charge in [0.2, 0.25) is 0 Å². The molecule has 5 aliphatic carbocycles. The van der Waals surface area contributed by atoms with E-state index in [1.807, 2.05) is 0 Å². The molecule has 4 unspecified atom stereocenters. The van der Waals surface area contributed by atoms with Crippen molar-refractivity contribution in [3.63, 3.8) is 0 Å². The summed E-state index contributed by atoms with van der Waals surface area (Å²) < 4.78 is 0. The van der Waals surface area contributed by atoms with Gasteiger partial charge < -0.3 is 5.11 Å². The number of hydrogen-bond donors (Lipinski definition) is 1. The highest BCUT2D eigenvalue weighted by molar-refractivity contribution is 5.32. The molecule has 0 heterocycles. The molecule has 1 nitrogen and oxygen atoms in total. The van der Waals surface area contributed by atoms with E-state index in [-0.39, 0.29) is 6.10 Å². The molecule has 1 fully saturated rings. The van der Waals surface area contributed by atoms with E-state index in [0.717, 1.165) is 0 Å². The van der Waals surface area contributed by atoms with Gasteiger partial charge in [-0.2, -0.15) is 0 Å². The van der Waals surface area contributed by atoms with Crippen molar-refractivity contribution in [1.29, 1.82) is 0 Å². The molecule has 0 aromatic carbocycles. The molecule has 0 spiro atoms. The van der Waals surface area contributed by atoms with Crippen LogP contribution in [0.4, 0.5) is 0 Å². The van der Waals surface area contributed by atoms with Gasteiger partial charge in [0.05, 0.1) is 6.10 Å². The predicted octanol–water partition coefficient (Wildman–Crippen LogP) is 1.77. The predicted molar refractivity (Wildman–Crippen MR) is 54.4 cm³/mol. The summed E-state index contributed by atoms with van der Waals surface area (Å²) in [5.41, 5.74) is 0. The minimum absolute atomic E-state index is 0.0881. The summed E-state index contributed by atoms with van der Waals surface area (Å²) in [6, 6.07) is 0. The number of hydrogen-bond acceptors (Lipinski definition) is 1. The first-order valence-electron chi connectivity index (χ1n) is 5.59. The Morgan fingerprint density at radius 1 is 0.643 bits per heavy atom. The van der Waals surface area contributed by atoms with E-state index in [1.165, 1.54) is 0 Å². The van der Waals surface area contributed by atoms with E-state index in [2.05, 4.69) is 36.5 Å². The van der Waals surface area contributed by atoms with Crippen LogP contribution in [0.15, 0.2) is 36.5 Å². The first-order valence-corrected chi connectivity index (χ1v) is 5.59. The van der Waals surface area contributed by atoms with Crippen molar-refractivity contribution in [1.82, 2.24) is 0 Å². The lowest BCUT2D eigenvalue weighted by molar-refractivity contribution is 0.126. The zero-order chi connectivity index (χ0) is 9.28. The topological polar surface area (TPSA) is 20.2 Å². The molecule has 0 aromatic rings. The Labute approximate surface area is 83.8 Å². The summed E-state index contributed by atoms with van der Waals surface area (Å²) in [4.78, 5) is 0. The second kappa shape index (κ2) is 2.22. The molecule has 1 saturated carbocycles. The molecule has 4 bridgehead atoms. The third kappa shape index (κ3) is 0.651. The fourth-order valence-electron chi connectivity index (χ4n) is 4.15. The molecule has 4 atom stereocenters. The first kappa shape index (κ1) is 7.47.